The highest BCUT2D eigenvalue weighted by atomic mass is 16.5. The average Bonchev–Trinajstić information content (AvgIpc) is 2.15. The number of ether oxygens (including phenoxy) is 1. The van der Waals surface area contributed by atoms with Crippen molar-refractivity contribution in [1.29, 1.82) is 0 Å². The summed E-state index contributed by atoms with van der Waals surface area (Å²) in [5, 5.41) is 11.2. The minimum Gasteiger partial charge on any atom is -0.492 e. The lowest BCUT2D eigenvalue weighted by Crippen LogP contribution is -2.26. The van der Waals surface area contributed by atoms with Crippen LogP contribution in [-0.4, -0.2) is 30.8 Å². The number of hydrogen-bond acceptors (Lipinski definition) is 3. The van der Waals surface area contributed by atoms with Crippen LogP contribution >= 0.6 is 0 Å². The smallest absolute Gasteiger partial charge is 0.317 e. The number of carboxylic acids is 1. The third kappa shape index (κ3) is 4.79. The molecule has 0 fully saturated rings. The van der Waals surface area contributed by atoms with Gasteiger partial charge in [-0.05, 0) is 37.1 Å². The van der Waals surface area contributed by atoms with Crippen LogP contribution in [0.4, 0.5) is 0 Å². The number of aryl methyl sites for hydroxylation is 2. The molecule has 1 aromatic rings. The lowest BCUT2D eigenvalue weighted by Gasteiger charge is -2.08. The van der Waals surface area contributed by atoms with E-state index in [0.29, 0.717) is 13.2 Å². The van der Waals surface area contributed by atoms with Crippen LogP contribution in [0, 0.1) is 13.8 Å². The Bertz CT molecular complexity index is 343. The Labute approximate surface area is 95.2 Å². The van der Waals surface area contributed by atoms with Gasteiger partial charge in [-0.3, -0.25) is 4.79 Å². The topological polar surface area (TPSA) is 58.6 Å². The van der Waals surface area contributed by atoms with Gasteiger partial charge >= 0.3 is 5.97 Å². The molecule has 0 aliphatic carbocycles. The van der Waals surface area contributed by atoms with Crippen LogP contribution in [0.3, 0.4) is 0 Å². The van der Waals surface area contributed by atoms with Crippen LogP contribution in [0.15, 0.2) is 18.2 Å². The summed E-state index contributed by atoms with van der Waals surface area (Å²) in [6.07, 6.45) is 0. The van der Waals surface area contributed by atoms with Crippen LogP contribution in [0.1, 0.15) is 11.1 Å². The van der Waals surface area contributed by atoms with Crippen molar-refractivity contribution in [3.8, 4) is 5.75 Å². The maximum atomic E-state index is 10.2. The van der Waals surface area contributed by atoms with Crippen LogP contribution in [-0.2, 0) is 4.79 Å². The molecule has 4 heteroatoms. The fourth-order valence-electron chi connectivity index (χ4n) is 1.45. The zero-order valence-corrected chi connectivity index (χ0v) is 9.62. The van der Waals surface area contributed by atoms with Crippen molar-refractivity contribution >= 4 is 5.97 Å². The lowest BCUT2D eigenvalue weighted by atomic mass is 10.1. The number of carbonyl (C=O) groups is 1. The molecule has 0 atom stereocenters. The average molecular weight is 223 g/mol. The molecule has 88 valence electrons. The first-order chi connectivity index (χ1) is 7.58. The fourth-order valence-corrected chi connectivity index (χ4v) is 1.45. The molecule has 1 aromatic carbocycles. The number of nitrogens with one attached hydrogen (secondary N) is 1. The first-order valence-electron chi connectivity index (χ1n) is 5.21. The van der Waals surface area contributed by atoms with E-state index < -0.39 is 5.97 Å². The van der Waals surface area contributed by atoms with Crippen LogP contribution < -0.4 is 10.1 Å². The first-order valence-corrected chi connectivity index (χ1v) is 5.21. The molecule has 0 saturated heterocycles. The van der Waals surface area contributed by atoms with Gasteiger partial charge in [0.15, 0.2) is 0 Å². The number of benzene rings is 1. The van der Waals surface area contributed by atoms with Gasteiger partial charge < -0.3 is 15.2 Å². The maximum absolute atomic E-state index is 10.2. The Morgan fingerprint density at radius 1 is 1.31 bits per heavy atom. The van der Waals surface area contributed by atoms with Gasteiger partial charge in [0.2, 0.25) is 0 Å². The van der Waals surface area contributed by atoms with Gasteiger partial charge in [-0.2, -0.15) is 0 Å². The minimum absolute atomic E-state index is 0.0315. The Kier molecular flexibility index (Phi) is 4.79. The summed E-state index contributed by atoms with van der Waals surface area (Å²) < 4.78 is 5.49. The van der Waals surface area contributed by atoms with E-state index in [1.165, 1.54) is 0 Å². The molecule has 0 saturated carbocycles. The fraction of sp³-hybridized carbons (Fsp3) is 0.417. The maximum Gasteiger partial charge on any atom is 0.317 e. The second kappa shape index (κ2) is 6.12. The highest BCUT2D eigenvalue weighted by Gasteiger charge is 1.98. The summed E-state index contributed by atoms with van der Waals surface area (Å²) in [7, 11) is 0. The zero-order chi connectivity index (χ0) is 12.0. The zero-order valence-electron chi connectivity index (χ0n) is 9.62. The number of carboxylic acid groups (broad SMARTS) is 1. The molecule has 0 aliphatic heterocycles. The number of rotatable bonds is 6. The SMILES string of the molecule is Cc1cc(C)cc(OCCNCC(=O)O)c1. The molecule has 4 nitrogen and oxygen atoms in total. The Morgan fingerprint density at radius 2 is 1.94 bits per heavy atom. The molecule has 0 radical (unpaired) electrons. The van der Waals surface area contributed by atoms with Gasteiger partial charge in [-0.15, -0.1) is 0 Å². The van der Waals surface area contributed by atoms with Crippen LogP contribution in [0.25, 0.3) is 0 Å². The van der Waals surface area contributed by atoms with Gasteiger partial charge in [-0.1, -0.05) is 6.07 Å². The van der Waals surface area contributed by atoms with Crippen molar-refractivity contribution in [2.45, 2.75) is 13.8 Å². The van der Waals surface area contributed by atoms with E-state index in [9.17, 15) is 4.79 Å². The Hall–Kier alpha value is -1.55. The molecular weight excluding hydrogens is 206 g/mol. The van der Waals surface area contributed by atoms with Crippen molar-refractivity contribution in [2.24, 2.45) is 0 Å². The first kappa shape index (κ1) is 12.5. The second-order valence-electron chi connectivity index (χ2n) is 3.74. The van der Waals surface area contributed by atoms with E-state index in [1.807, 2.05) is 26.0 Å². The van der Waals surface area contributed by atoms with E-state index in [1.54, 1.807) is 0 Å². The van der Waals surface area contributed by atoms with Gasteiger partial charge in [0.25, 0.3) is 0 Å². The summed E-state index contributed by atoms with van der Waals surface area (Å²) in [6, 6.07) is 6.00. The van der Waals surface area contributed by atoms with Crippen LogP contribution in [0.2, 0.25) is 0 Å². The van der Waals surface area contributed by atoms with E-state index in [4.69, 9.17) is 9.84 Å². The molecule has 0 bridgehead atoms. The molecule has 0 aliphatic rings. The Balaban J connectivity index is 2.29. The predicted octanol–water partition coefficient (Wildman–Crippen LogP) is 1.36. The Morgan fingerprint density at radius 3 is 2.50 bits per heavy atom. The lowest BCUT2D eigenvalue weighted by molar-refractivity contribution is -0.135. The monoisotopic (exact) mass is 223 g/mol. The van der Waals surface area contributed by atoms with E-state index in [0.717, 1.165) is 16.9 Å². The predicted molar refractivity (Wildman–Crippen MR) is 61.9 cm³/mol. The molecule has 0 amide bonds. The normalized spacial score (nSPS) is 10.1. The van der Waals surface area contributed by atoms with Crippen molar-refractivity contribution in [2.75, 3.05) is 19.7 Å². The quantitative estimate of drug-likeness (QED) is 0.715. The molecular formula is C12H17NO3. The van der Waals surface area contributed by atoms with Gasteiger partial charge in [-0.25, -0.2) is 0 Å². The third-order valence-electron chi connectivity index (χ3n) is 2.02. The summed E-state index contributed by atoms with van der Waals surface area (Å²) in [5.41, 5.74) is 2.32. The number of aliphatic carboxylic acids is 1. The van der Waals surface area contributed by atoms with Crippen molar-refractivity contribution in [1.82, 2.24) is 5.32 Å². The van der Waals surface area contributed by atoms with E-state index >= 15 is 0 Å². The van der Waals surface area contributed by atoms with Crippen molar-refractivity contribution < 1.29 is 14.6 Å². The molecule has 0 aromatic heterocycles. The molecule has 0 spiro atoms. The highest BCUT2D eigenvalue weighted by molar-refractivity contribution is 5.68. The molecule has 2 N–H and O–H groups in total. The second-order valence-corrected chi connectivity index (χ2v) is 3.74. The molecule has 0 heterocycles. The van der Waals surface area contributed by atoms with Crippen molar-refractivity contribution in [3.63, 3.8) is 0 Å². The van der Waals surface area contributed by atoms with Gasteiger partial charge in [0.1, 0.15) is 12.4 Å². The van der Waals surface area contributed by atoms with Crippen molar-refractivity contribution in [3.05, 3.63) is 29.3 Å². The summed E-state index contributed by atoms with van der Waals surface area (Å²) in [5.74, 6) is -0.0268. The molecule has 0 unspecified atom stereocenters. The molecule has 16 heavy (non-hydrogen) atoms. The van der Waals surface area contributed by atoms with Gasteiger partial charge in [0.05, 0.1) is 6.54 Å². The summed E-state index contributed by atoms with van der Waals surface area (Å²) in [6.45, 7) is 5.00. The van der Waals surface area contributed by atoms with E-state index in [2.05, 4.69) is 11.4 Å². The standard InChI is InChI=1S/C12H17NO3/c1-9-5-10(2)7-11(6-9)16-4-3-13-8-12(14)15/h5-7,13H,3-4,8H2,1-2H3,(H,14,15). The van der Waals surface area contributed by atoms with E-state index in [-0.39, 0.29) is 6.54 Å². The highest BCUT2D eigenvalue weighted by Crippen LogP contribution is 2.15. The third-order valence-corrected chi connectivity index (χ3v) is 2.02. The minimum atomic E-state index is -0.855. The largest absolute Gasteiger partial charge is 0.492 e. The summed E-state index contributed by atoms with van der Waals surface area (Å²) >= 11 is 0. The molecule has 1 rings (SSSR count). The summed E-state index contributed by atoms with van der Waals surface area (Å²) in [4.78, 5) is 10.2. The van der Waals surface area contributed by atoms with Crippen LogP contribution in [0.5, 0.6) is 5.75 Å². The number of hydrogen-bond donors (Lipinski definition) is 2. The van der Waals surface area contributed by atoms with Gasteiger partial charge in [0, 0.05) is 6.54 Å².